The molecule has 3 nitrogen and oxygen atoms in total. The fourth-order valence-corrected chi connectivity index (χ4v) is 11.4. The average Bonchev–Trinajstić information content (AvgIpc) is 4.03. The molecule has 3 heteroatoms. The Morgan fingerprint density at radius 1 is 0.360 bits per heavy atom. The normalized spacial score (nSPS) is 12.1. The fourth-order valence-electron chi connectivity index (χ4n) is 11.4. The van der Waals surface area contributed by atoms with Gasteiger partial charge in [-0.3, -0.25) is 0 Å². The number of para-hydroxylation sites is 5. The third-order valence-electron chi connectivity index (χ3n) is 15.3. The molecule has 0 aliphatic heterocycles. The van der Waals surface area contributed by atoms with E-state index in [1.165, 1.54) is 66.0 Å². The second kappa shape index (κ2) is 17.9. The highest BCUT2D eigenvalue weighted by Crippen LogP contribution is 2.47. The van der Waals surface area contributed by atoms with Crippen LogP contribution < -0.4 is 4.90 Å². The molecule has 0 spiro atoms. The van der Waals surface area contributed by atoms with Crippen molar-refractivity contribution in [1.82, 2.24) is 4.57 Å². The van der Waals surface area contributed by atoms with Crippen LogP contribution in [-0.2, 0) is 10.8 Å². The summed E-state index contributed by atoms with van der Waals surface area (Å²) in [6.45, 7) is 13.9. The van der Waals surface area contributed by atoms with E-state index in [1.807, 2.05) is 12.1 Å². The minimum atomic E-state index is -0.0234. The van der Waals surface area contributed by atoms with Gasteiger partial charge in [-0.15, -0.1) is 0 Å². The summed E-state index contributed by atoms with van der Waals surface area (Å²) in [5.41, 5.74) is 20.5. The highest BCUT2D eigenvalue weighted by atomic mass is 16.3. The summed E-state index contributed by atoms with van der Waals surface area (Å²) in [5, 5.41) is 7.17. The molecule has 0 radical (unpaired) electrons. The third-order valence-corrected chi connectivity index (χ3v) is 15.3. The molecule has 2 heterocycles. The number of hydrogen-bond acceptors (Lipinski definition) is 2. The van der Waals surface area contributed by atoms with Gasteiger partial charge in [0.2, 0.25) is 0 Å². The standard InChI is InChI=1S/C72H58N2O/c1-71(2,3)52-42-51(43-53(46-52)72(4,5)6)57-29-17-20-48-21-18-31-63(69(48)57)59-26-10-13-33-65(59)73(55-39-36-47(37-40-55)49-38-41-62-61-28-12-15-35-67(61)75-68(62)45-49)56-25-16-22-50(44-56)58-30-19-32-64-60-27-11-14-34-66(60)74(70(58)64)54-23-8-7-9-24-54/h7-46H,1-6H3. The molecule has 0 atom stereocenters. The van der Waals surface area contributed by atoms with Crippen LogP contribution in [0, 0.1) is 0 Å². The number of furan rings is 1. The predicted molar refractivity (Wildman–Crippen MR) is 319 cm³/mol. The van der Waals surface area contributed by atoms with E-state index in [1.54, 1.807) is 0 Å². The lowest BCUT2D eigenvalue weighted by Crippen LogP contribution is -2.16. The van der Waals surface area contributed by atoms with Crippen LogP contribution in [0.4, 0.5) is 17.1 Å². The zero-order valence-electron chi connectivity index (χ0n) is 43.4. The van der Waals surface area contributed by atoms with Gasteiger partial charge in [0.15, 0.2) is 0 Å². The number of aromatic nitrogens is 1. The van der Waals surface area contributed by atoms with E-state index in [9.17, 15) is 0 Å². The van der Waals surface area contributed by atoms with Crippen molar-refractivity contribution >= 4 is 71.6 Å². The molecule has 0 N–H and O–H groups in total. The summed E-state index contributed by atoms with van der Waals surface area (Å²) in [6, 6.07) is 89.2. The van der Waals surface area contributed by atoms with E-state index in [0.29, 0.717) is 0 Å². The molecule has 0 aliphatic rings. The Kier molecular flexibility index (Phi) is 11.0. The van der Waals surface area contributed by atoms with Gasteiger partial charge in [-0.1, -0.05) is 217 Å². The topological polar surface area (TPSA) is 21.3 Å². The molecule has 11 aromatic carbocycles. The number of rotatable bonds is 8. The SMILES string of the molecule is CC(C)(C)c1cc(-c2cccc3cccc(-c4ccccc4N(c4ccc(-c5ccc6c(c5)oc5ccccc56)cc4)c4cccc(-c5cccc6c7ccccc7n(-c7ccccc7)c56)c4)c23)cc(C(C)(C)C)c1. The first kappa shape index (κ1) is 45.9. The Morgan fingerprint density at radius 2 is 0.960 bits per heavy atom. The molecule has 13 rings (SSSR count). The Balaban J connectivity index is 1.02. The van der Waals surface area contributed by atoms with Crippen molar-refractivity contribution in [3.05, 3.63) is 254 Å². The molecule has 2 aromatic heterocycles. The van der Waals surface area contributed by atoms with Gasteiger partial charge in [-0.05, 0) is 133 Å². The van der Waals surface area contributed by atoms with Crippen LogP contribution in [0.25, 0.3) is 105 Å². The number of anilines is 3. The molecule has 0 saturated carbocycles. The molecule has 0 saturated heterocycles. The van der Waals surface area contributed by atoms with Gasteiger partial charge in [-0.2, -0.15) is 0 Å². The quantitative estimate of drug-likeness (QED) is 0.151. The van der Waals surface area contributed by atoms with Gasteiger partial charge in [0.1, 0.15) is 11.2 Å². The second-order valence-corrected chi connectivity index (χ2v) is 22.2. The van der Waals surface area contributed by atoms with Crippen molar-refractivity contribution in [2.45, 2.75) is 52.4 Å². The summed E-state index contributed by atoms with van der Waals surface area (Å²) in [5.74, 6) is 0. The highest BCUT2D eigenvalue weighted by molar-refractivity contribution is 6.14. The molecule has 0 bridgehead atoms. The third kappa shape index (κ3) is 8.07. The van der Waals surface area contributed by atoms with E-state index in [4.69, 9.17) is 4.42 Å². The predicted octanol–water partition coefficient (Wildman–Crippen LogP) is 20.6. The first-order chi connectivity index (χ1) is 36.5. The summed E-state index contributed by atoms with van der Waals surface area (Å²) >= 11 is 0. The van der Waals surface area contributed by atoms with Gasteiger partial charge in [0.05, 0.1) is 16.7 Å². The first-order valence-electron chi connectivity index (χ1n) is 26.2. The van der Waals surface area contributed by atoms with E-state index in [-0.39, 0.29) is 10.8 Å². The summed E-state index contributed by atoms with van der Waals surface area (Å²) in [6.07, 6.45) is 0. The van der Waals surface area contributed by atoms with E-state index in [2.05, 4.69) is 282 Å². The Morgan fingerprint density at radius 3 is 1.73 bits per heavy atom. The van der Waals surface area contributed by atoms with Crippen LogP contribution in [0.15, 0.2) is 247 Å². The van der Waals surface area contributed by atoms with Crippen molar-refractivity contribution < 1.29 is 4.42 Å². The van der Waals surface area contributed by atoms with Crippen molar-refractivity contribution in [3.63, 3.8) is 0 Å². The average molecular weight is 967 g/mol. The summed E-state index contributed by atoms with van der Waals surface area (Å²) in [7, 11) is 0. The molecular weight excluding hydrogens is 909 g/mol. The lowest BCUT2D eigenvalue weighted by molar-refractivity contribution is 0.569. The Labute approximate surface area is 439 Å². The number of nitrogens with zero attached hydrogens (tertiary/aromatic N) is 2. The molecule has 362 valence electrons. The number of hydrogen-bond donors (Lipinski definition) is 0. The summed E-state index contributed by atoms with van der Waals surface area (Å²) in [4.78, 5) is 2.46. The van der Waals surface area contributed by atoms with E-state index in [0.717, 1.165) is 66.9 Å². The largest absolute Gasteiger partial charge is 0.456 e. The van der Waals surface area contributed by atoms with Crippen LogP contribution in [-0.4, -0.2) is 4.57 Å². The second-order valence-electron chi connectivity index (χ2n) is 22.2. The van der Waals surface area contributed by atoms with Crippen LogP contribution in [0.3, 0.4) is 0 Å². The summed E-state index contributed by atoms with van der Waals surface area (Å²) < 4.78 is 8.80. The lowest BCUT2D eigenvalue weighted by atomic mass is 9.78. The number of fused-ring (bicyclic) bond motifs is 7. The molecule has 0 amide bonds. The molecule has 0 aliphatic carbocycles. The minimum absolute atomic E-state index is 0.0234. The molecular formula is C72H58N2O. The maximum absolute atomic E-state index is 6.37. The van der Waals surface area contributed by atoms with Crippen LogP contribution >= 0.6 is 0 Å². The van der Waals surface area contributed by atoms with Crippen molar-refractivity contribution in [3.8, 4) is 50.2 Å². The van der Waals surface area contributed by atoms with Gasteiger partial charge in [-0.25, -0.2) is 0 Å². The Hall–Kier alpha value is -8.92. The van der Waals surface area contributed by atoms with Crippen molar-refractivity contribution in [1.29, 1.82) is 0 Å². The maximum Gasteiger partial charge on any atom is 0.136 e. The van der Waals surface area contributed by atoms with Crippen LogP contribution in [0.1, 0.15) is 52.7 Å². The number of benzene rings is 11. The monoisotopic (exact) mass is 966 g/mol. The molecule has 75 heavy (non-hydrogen) atoms. The van der Waals surface area contributed by atoms with Crippen molar-refractivity contribution in [2.24, 2.45) is 0 Å². The van der Waals surface area contributed by atoms with Gasteiger partial charge >= 0.3 is 0 Å². The molecule has 13 aromatic rings. The highest BCUT2D eigenvalue weighted by Gasteiger charge is 2.25. The maximum atomic E-state index is 6.37. The van der Waals surface area contributed by atoms with Gasteiger partial charge in [0, 0.05) is 49.7 Å². The van der Waals surface area contributed by atoms with E-state index >= 15 is 0 Å². The molecule has 0 unspecified atom stereocenters. The smallest absolute Gasteiger partial charge is 0.136 e. The zero-order valence-corrected chi connectivity index (χ0v) is 43.4. The molecule has 0 fully saturated rings. The fraction of sp³-hybridized carbons (Fsp3) is 0.111. The Bertz CT molecular complexity index is 4270. The van der Waals surface area contributed by atoms with Crippen molar-refractivity contribution in [2.75, 3.05) is 4.90 Å². The lowest BCUT2D eigenvalue weighted by Gasteiger charge is -2.29. The zero-order chi connectivity index (χ0) is 51.0. The minimum Gasteiger partial charge on any atom is -0.456 e. The van der Waals surface area contributed by atoms with E-state index < -0.39 is 0 Å². The van der Waals surface area contributed by atoms with Crippen LogP contribution in [0.2, 0.25) is 0 Å². The van der Waals surface area contributed by atoms with Gasteiger partial charge < -0.3 is 13.9 Å². The first-order valence-corrected chi connectivity index (χ1v) is 26.2. The van der Waals surface area contributed by atoms with Gasteiger partial charge in [0.25, 0.3) is 0 Å². The van der Waals surface area contributed by atoms with Crippen LogP contribution in [0.5, 0.6) is 0 Å².